The van der Waals surface area contributed by atoms with Crippen molar-refractivity contribution in [1.29, 1.82) is 0 Å². The molecule has 4 nitrogen and oxygen atoms in total. The van der Waals surface area contributed by atoms with Crippen molar-refractivity contribution in [2.24, 2.45) is 5.92 Å². The van der Waals surface area contributed by atoms with E-state index >= 15 is 0 Å². The Hall–Kier alpha value is -1.29. The van der Waals surface area contributed by atoms with Gasteiger partial charge in [-0.05, 0) is 31.0 Å². The lowest BCUT2D eigenvalue weighted by molar-refractivity contribution is 0.0560. The van der Waals surface area contributed by atoms with Gasteiger partial charge in [0.1, 0.15) is 5.76 Å². The Labute approximate surface area is 121 Å². The first-order chi connectivity index (χ1) is 9.67. The molecule has 2 atom stereocenters. The van der Waals surface area contributed by atoms with E-state index in [4.69, 9.17) is 4.42 Å². The normalized spacial score (nSPS) is 14.0. The summed E-state index contributed by atoms with van der Waals surface area (Å²) in [7, 11) is 1.36. The van der Waals surface area contributed by atoms with Crippen molar-refractivity contribution < 1.29 is 13.9 Å². The number of hydrogen-bond donors (Lipinski definition) is 1. The summed E-state index contributed by atoms with van der Waals surface area (Å²) in [6, 6.07) is 3.74. The van der Waals surface area contributed by atoms with Crippen LogP contribution in [0, 0.1) is 5.92 Å². The molecule has 1 N–H and O–H groups in total. The van der Waals surface area contributed by atoms with Gasteiger partial charge in [0.15, 0.2) is 0 Å². The molecule has 0 saturated heterocycles. The maximum atomic E-state index is 11.5. The average Bonchev–Trinajstić information content (AvgIpc) is 2.95. The van der Waals surface area contributed by atoms with Crippen molar-refractivity contribution in [1.82, 2.24) is 5.32 Å². The van der Waals surface area contributed by atoms with Gasteiger partial charge in [0.25, 0.3) is 0 Å². The van der Waals surface area contributed by atoms with Crippen molar-refractivity contribution >= 4 is 5.97 Å². The van der Waals surface area contributed by atoms with Crippen LogP contribution in [0.4, 0.5) is 0 Å². The quantitative estimate of drug-likeness (QED) is 0.697. The number of carbonyl (C=O) groups is 1. The monoisotopic (exact) mass is 281 g/mol. The van der Waals surface area contributed by atoms with Crippen LogP contribution in [0.2, 0.25) is 0 Å². The summed E-state index contributed by atoms with van der Waals surface area (Å²) in [6.45, 7) is 7.37. The predicted molar refractivity (Wildman–Crippen MR) is 79.8 cm³/mol. The Morgan fingerprint density at radius 3 is 2.65 bits per heavy atom. The third-order valence-corrected chi connectivity index (χ3v) is 3.67. The maximum Gasteiger partial charge on any atom is 0.373 e. The van der Waals surface area contributed by atoms with Crippen molar-refractivity contribution in [2.75, 3.05) is 13.7 Å². The molecule has 0 aliphatic heterocycles. The molecule has 0 aromatic carbocycles. The van der Waals surface area contributed by atoms with Crippen LogP contribution in [-0.4, -0.2) is 19.6 Å². The third-order valence-electron chi connectivity index (χ3n) is 3.67. The van der Waals surface area contributed by atoms with Crippen LogP contribution in [0.3, 0.4) is 0 Å². The molecule has 0 saturated carbocycles. The second-order valence-corrected chi connectivity index (χ2v) is 5.04. The number of furan rings is 1. The number of nitrogens with one attached hydrogen (secondary N) is 1. The molecular weight excluding hydrogens is 254 g/mol. The number of ether oxygens (including phenoxy) is 1. The number of methoxy groups -OCH3 is 1. The molecule has 20 heavy (non-hydrogen) atoms. The third kappa shape index (κ3) is 4.37. The molecule has 1 rings (SSSR count). The van der Waals surface area contributed by atoms with Crippen LogP contribution < -0.4 is 5.32 Å². The van der Waals surface area contributed by atoms with E-state index in [1.807, 2.05) is 6.07 Å². The molecule has 0 radical (unpaired) electrons. The van der Waals surface area contributed by atoms with Gasteiger partial charge in [-0.2, -0.15) is 0 Å². The second-order valence-electron chi connectivity index (χ2n) is 5.04. The van der Waals surface area contributed by atoms with E-state index in [2.05, 4.69) is 30.8 Å². The van der Waals surface area contributed by atoms with Crippen LogP contribution in [-0.2, 0) is 4.74 Å². The zero-order chi connectivity index (χ0) is 15.0. The summed E-state index contributed by atoms with van der Waals surface area (Å²) < 4.78 is 10.4. The van der Waals surface area contributed by atoms with Gasteiger partial charge in [-0.25, -0.2) is 4.79 Å². The molecule has 0 fully saturated rings. The Balaban J connectivity index is 2.88. The molecule has 1 aromatic heterocycles. The van der Waals surface area contributed by atoms with E-state index in [-0.39, 0.29) is 11.8 Å². The first-order valence-electron chi connectivity index (χ1n) is 7.59. The highest BCUT2D eigenvalue weighted by Gasteiger charge is 2.24. The van der Waals surface area contributed by atoms with Gasteiger partial charge in [-0.15, -0.1) is 0 Å². The van der Waals surface area contributed by atoms with Gasteiger partial charge in [-0.1, -0.05) is 40.0 Å². The fourth-order valence-electron chi connectivity index (χ4n) is 2.52. The van der Waals surface area contributed by atoms with Crippen LogP contribution in [0.15, 0.2) is 16.5 Å². The molecule has 0 bridgehead atoms. The lowest BCUT2D eigenvalue weighted by atomic mass is 9.90. The largest absolute Gasteiger partial charge is 0.463 e. The van der Waals surface area contributed by atoms with E-state index in [9.17, 15) is 4.79 Å². The minimum atomic E-state index is -0.423. The number of unbranched alkanes of at least 4 members (excludes halogenated alkanes) is 1. The molecule has 2 unspecified atom stereocenters. The fourth-order valence-corrected chi connectivity index (χ4v) is 2.52. The molecule has 0 aliphatic carbocycles. The minimum absolute atomic E-state index is 0.162. The number of hydrogen-bond acceptors (Lipinski definition) is 4. The Morgan fingerprint density at radius 1 is 1.35 bits per heavy atom. The zero-order valence-corrected chi connectivity index (χ0v) is 13.1. The molecule has 0 spiro atoms. The summed E-state index contributed by atoms with van der Waals surface area (Å²) in [5, 5.41) is 3.48. The van der Waals surface area contributed by atoms with Gasteiger partial charge >= 0.3 is 5.97 Å². The molecule has 1 aromatic rings. The van der Waals surface area contributed by atoms with E-state index in [1.165, 1.54) is 26.4 Å². The lowest BCUT2D eigenvalue weighted by Gasteiger charge is -2.25. The average molecular weight is 281 g/mol. The second kappa shape index (κ2) is 8.80. The fraction of sp³-hybridized carbons (Fsp3) is 0.688. The summed E-state index contributed by atoms with van der Waals surface area (Å²) in [4.78, 5) is 11.5. The van der Waals surface area contributed by atoms with Gasteiger partial charge in [0.2, 0.25) is 5.76 Å². The standard InChI is InChI=1S/C16H27NO3/c1-5-8-9-12(6-2)15(17-7-3)13-10-11-14(20-13)16(18)19-4/h10-12,15,17H,5-9H2,1-4H3. The number of carbonyl (C=O) groups excluding carboxylic acids is 1. The molecule has 1 heterocycles. The summed E-state index contributed by atoms with van der Waals surface area (Å²) in [5.41, 5.74) is 0. The highest BCUT2D eigenvalue weighted by Crippen LogP contribution is 2.30. The Bertz CT molecular complexity index is 400. The van der Waals surface area contributed by atoms with Crippen molar-refractivity contribution in [3.8, 4) is 0 Å². The molecule has 4 heteroatoms. The summed E-state index contributed by atoms with van der Waals surface area (Å²) in [6.07, 6.45) is 4.66. The van der Waals surface area contributed by atoms with E-state index < -0.39 is 5.97 Å². The lowest BCUT2D eigenvalue weighted by Crippen LogP contribution is -2.27. The highest BCUT2D eigenvalue weighted by atomic mass is 16.5. The molecule has 114 valence electrons. The van der Waals surface area contributed by atoms with E-state index in [1.54, 1.807) is 6.07 Å². The van der Waals surface area contributed by atoms with Crippen molar-refractivity contribution in [3.05, 3.63) is 23.7 Å². The zero-order valence-electron chi connectivity index (χ0n) is 13.1. The van der Waals surface area contributed by atoms with Crippen LogP contribution in [0.1, 0.15) is 68.8 Å². The topological polar surface area (TPSA) is 51.5 Å². The summed E-state index contributed by atoms with van der Waals surface area (Å²) >= 11 is 0. The first kappa shape index (κ1) is 16.8. The number of rotatable bonds is 9. The predicted octanol–water partition coefficient (Wildman–Crippen LogP) is 3.93. The summed E-state index contributed by atoms with van der Waals surface area (Å²) in [5.74, 6) is 1.20. The van der Waals surface area contributed by atoms with Crippen molar-refractivity contribution in [2.45, 2.75) is 52.5 Å². The van der Waals surface area contributed by atoms with E-state index in [0.29, 0.717) is 5.92 Å². The van der Waals surface area contributed by atoms with Gasteiger partial charge < -0.3 is 14.5 Å². The SMILES string of the molecule is CCCCC(CC)C(NCC)c1ccc(C(=O)OC)o1. The molecular formula is C16H27NO3. The van der Waals surface area contributed by atoms with Crippen molar-refractivity contribution in [3.63, 3.8) is 0 Å². The van der Waals surface area contributed by atoms with Crippen LogP contribution in [0.25, 0.3) is 0 Å². The van der Waals surface area contributed by atoms with Gasteiger partial charge in [-0.3, -0.25) is 0 Å². The number of esters is 1. The van der Waals surface area contributed by atoms with E-state index in [0.717, 1.165) is 18.7 Å². The minimum Gasteiger partial charge on any atom is -0.463 e. The Morgan fingerprint density at radius 2 is 2.10 bits per heavy atom. The maximum absolute atomic E-state index is 11.5. The molecule has 0 amide bonds. The highest BCUT2D eigenvalue weighted by molar-refractivity contribution is 5.86. The first-order valence-corrected chi connectivity index (χ1v) is 7.59. The Kier molecular flexibility index (Phi) is 7.37. The smallest absolute Gasteiger partial charge is 0.373 e. The van der Waals surface area contributed by atoms with Crippen LogP contribution >= 0.6 is 0 Å². The van der Waals surface area contributed by atoms with Gasteiger partial charge in [0, 0.05) is 0 Å². The van der Waals surface area contributed by atoms with Crippen LogP contribution in [0.5, 0.6) is 0 Å². The molecule has 0 aliphatic rings. The van der Waals surface area contributed by atoms with Gasteiger partial charge in [0.05, 0.1) is 13.2 Å².